The summed E-state index contributed by atoms with van der Waals surface area (Å²) >= 11 is 0. The number of pyridine rings is 1. The predicted octanol–water partition coefficient (Wildman–Crippen LogP) is 4.18. The van der Waals surface area contributed by atoms with Crippen LogP contribution < -0.4 is 16.1 Å². The fraction of sp³-hybridized carbons (Fsp3) is 0.680. The number of aromatic nitrogens is 3. The van der Waals surface area contributed by atoms with Crippen LogP contribution in [0.1, 0.15) is 76.5 Å². The van der Waals surface area contributed by atoms with E-state index in [1.807, 2.05) is 17.6 Å². The molecule has 1 aliphatic heterocycles. The Morgan fingerprint density at radius 1 is 1.29 bits per heavy atom. The van der Waals surface area contributed by atoms with Crippen molar-refractivity contribution in [3.05, 3.63) is 29.1 Å². The fourth-order valence-corrected chi connectivity index (χ4v) is 5.51. The number of nitroso groups, excluding NO2 is 1. The average Bonchev–Trinajstić information content (AvgIpc) is 3.51. The summed E-state index contributed by atoms with van der Waals surface area (Å²) in [7, 11) is 0. The molecule has 2 aromatic rings. The van der Waals surface area contributed by atoms with E-state index in [4.69, 9.17) is 10.3 Å². The Bertz CT molecular complexity index is 958. The van der Waals surface area contributed by atoms with Gasteiger partial charge in [-0.05, 0) is 42.9 Å². The minimum Gasteiger partial charge on any atom is -0.356 e. The summed E-state index contributed by atoms with van der Waals surface area (Å²) in [6, 6.07) is 3.92. The number of hydrogen-bond donors (Lipinski definition) is 2. The SMILES string of the molecule is CC1CN(c2ccc(-c3noc(C(CCCC4CCCCC4)CC(=O)NN=O)n3)cn2)CC1CN. The van der Waals surface area contributed by atoms with Gasteiger partial charge in [-0.1, -0.05) is 57.0 Å². The maximum Gasteiger partial charge on any atom is 0.243 e. The van der Waals surface area contributed by atoms with Crippen LogP contribution in [0.4, 0.5) is 5.82 Å². The van der Waals surface area contributed by atoms with Crippen LogP contribution in [0.3, 0.4) is 0 Å². The van der Waals surface area contributed by atoms with Crippen LogP contribution in [0.15, 0.2) is 28.1 Å². The van der Waals surface area contributed by atoms with Crippen molar-refractivity contribution in [3.8, 4) is 11.4 Å². The number of carbonyl (C=O) groups excluding carboxylic acids is 1. The molecule has 0 radical (unpaired) electrons. The van der Waals surface area contributed by atoms with Crippen LogP contribution in [0.25, 0.3) is 11.4 Å². The molecular weight excluding hydrogens is 446 g/mol. The zero-order valence-electron chi connectivity index (χ0n) is 20.6. The van der Waals surface area contributed by atoms with Gasteiger partial charge in [0.1, 0.15) is 5.82 Å². The van der Waals surface area contributed by atoms with Crippen molar-refractivity contribution in [1.82, 2.24) is 20.6 Å². The molecule has 2 aromatic heterocycles. The summed E-state index contributed by atoms with van der Waals surface area (Å²) in [5.74, 6) is 2.86. The minimum absolute atomic E-state index is 0.0880. The van der Waals surface area contributed by atoms with Gasteiger partial charge in [0, 0.05) is 37.2 Å². The third-order valence-corrected chi connectivity index (χ3v) is 7.68. The Kier molecular flexibility index (Phi) is 8.79. The van der Waals surface area contributed by atoms with Crippen molar-refractivity contribution in [2.75, 3.05) is 24.5 Å². The second kappa shape index (κ2) is 12.2. The highest BCUT2D eigenvalue weighted by Gasteiger charge is 2.29. The first kappa shape index (κ1) is 25.2. The molecule has 35 heavy (non-hydrogen) atoms. The van der Waals surface area contributed by atoms with Crippen LogP contribution in [-0.2, 0) is 4.79 Å². The lowest BCUT2D eigenvalue weighted by Crippen LogP contribution is -2.23. The van der Waals surface area contributed by atoms with E-state index in [0.717, 1.165) is 49.7 Å². The largest absolute Gasteiger partial charge is 0.356 e. The average molecular weight is 484 g/mol. The Labute approximate surface area is 206 Å². The molecule has 1 saturated heterocycles. The first-order chi connectivity index (χ1) is 17.1. The summed E-state index contributed by atoms with van der Waals surface area (Å²) in [4.78, 5) is 34.0. The molecule has 190 valence electrons. The zero-order chi connectivity index (χ0) is 24.6. The summed E-state index contributed by atoms with van der Waals surface area (Å²) < 4.78 is 5.57. The topological polar surface area (TPSA) is 140 Å². The summed E-state index contributed by atoms with van der Waals surface area (Å²) in [5.41, 5.74) is 8.63. The molecule has 10 nitrogen and oxygen atoms in total. The lowest BCUT2D eigenvalue weighted by atomic mass is 9.84. The number of nitrogens with two attached hydrogens (primary N) is 1. The van der Waals surface area contributed by atoms with Crippen molar-refractivity contribution in [2.45, 2.75) is 70.6 Å². The van der Waals surface area contributed by atoms with Crippen molar-refractivity contribution in [3.63, 3.8) is 0 Å². The van der Waals surface area contributed by atoms with Crippen molar-refractivity contribution in [2.24, 2.45) is 28.8 Å². The van der Waals surface area contributed by atoms with Gasteiger partial charge in [-0.3, -0.25) is 4.79 Å². The Morgan fingerprint density at radius 2 is 2.11 bits per heavy atom. The van der Waals surface area contributed by atoms with Gasteiger partial charge >= 0.3 is 0 Å². The van der Waals surface area contributed by atoms with Gasteiger partial charge in [-0.2, -0.15) is 4.98 Å². The molecule has 1 aliphatic carbocycles. The molecule has 4 rings (SSSR count). The second-order valence-electron chi connectivity index (χ2n) is 10.2. The summed E-state index contributed by atoms with van der Waals surface area (Å²) in [6.45, 7) is 4.77. The Morgan fingerprint density at radius 3 is 2.80 bits per heavy atom. The Balaban J connectivity index is 1.40. The number of hydrogen-bond acceptors (Lipinski definition) is 9. The van der Waals surface area contributed by atoms with Gasteiger partial charge < -0.3 is 15.2 Å². The van der Waals surface area contributed by atoms with Gasteiger partial charge in [0.25, 0.3) is 0 Å². The zero-order valence-corrected chi connectivity index (χ0v) is 20.6. The molecular formula is C25H37N7O3. The van der Waals surface area contributed by atoms with E-state index in [1.165, 1.54) is 32.1 Å². The highest BCUT2D eigenvalue weighted by atomic mass is 16.5. The summed E-state index contributed by atoms with van der Waals surface area (Å²) in [5, 5.41) is 6.66. The highest BCUT2D eigenvalue weighted by molar-refractivity contribution is 5.76. The normalized spacial score (nSPS) is 21.7. The number of anilines is 1. The molecule has 10 heteroatoms. The number of nitrogens with zero attached hydrogens (tertiary/aromatic N) is 5. The predicted molar refractivity (Wildman–Crippen MR) is 133 cm³/mol. The van der Waals surface area contributed by atoms with Gasteiger partial charge in [0.15, 0.2) is 0 Å². The molecule has 2 fully saturated rings. The molecule has 0 bridgehead atoms. The minimum atomic E-state index is -0.441. The van der Waals surface area contributed by atoms with Crippen molar-refractivity contribution in [1.29, 1.82) is 0 Å². The van der Waals surface area contributed by atoms with Crippen molar-refractivity contribution < 1.29 is 9.32 Å². The van der Waals surface area contributed by atoms with E-state index in [0.29, 0.717) is 30.1 Å². The van der Waals surface area contributed by atoms with E-state index in [9.17, 15) is 9.70 Å². The summed E-state index contributed by atoms with van der Waals surface area (Å²) in [6.07, 6.45) is 11.2. The quantitative estimate of drug-likeness (QED) is 0.358. The molecule has 0 spiro atoms. The molecule has 2 aliphatic rings. The molecule has 3 heterocycles. The molecule has 1 saturated carbocycles. The third kappa shape index (κ3) is 6.62. The van der Waals surface area contributed by atoms with Crippen LogP contribution in [-0.4, -0.2) is 40.7 Å². The fourth-order valence-electron chi connectivity index (χ4n) is 5.51. The third-order valence-electron chi connectivity index (χ3n) is 7.68. The van der Waals surface area contributed by atoms with Gasteiger partial charge in [0.2, 0.25) is 17.6 Å². The van der Waals surface area contributed by atoms with E-state index < -0.39 is 5.91 Å². The second-order valence-corrected chi connectivity index (χ2v) is 10.2. The maximum absolute atomic E-state index is 12.1. The van der Waals surface area contributed by atoms with E-state index in [2.05, 4.69) is 32.2 Å². The van der Waals surface area contributed by atoms with Crippen LogP contribution in [0, 0.1) is 22.7 Å². The van der Waals surface area contributed by atoms with Crippen LogP contribution in [0.5, 0.6) is 0 Å². The monoisotopic (exact) mass is 483 g/mol. The lowest BCUT2D eigenvalue weighted by molar-refractivity contribution is -0.121. The molecule has 3 N–H and O–H groups in total. The van der Waals surface area contributed by atoms with E-state index in [1.54, 1.807) is 6.20 Å². The van der Waals surface area contributed by atoms with Gasteiger partial charge in [-0.25, -0.2) is 10.4 Å². The van der Waals surface area contributed by atoms with Crippen molar-refractivity contribution >= 4 is 11.7 Å². The van der Waals surface area contributed by atoms with Crippen LogP contribution in [0.2, 0.25) is 0 Å². The van der Waals surface area contributed by atoms with E-state index in [-0.39, 0.29) is 12.3 Å². The highest BCUT2D eigenvalue weighted by Crippen LogP contribution is 2.32. The Hall–Kier alpha value is -2.88. The van der Waals surface area contributed by atoms with E-state index >= 15 is 0 Å². The first-order valence-electron chi connectivity index (χ1n) is 12.9. The number of nitrogens with one attached hydrogen (secondary N) is 1. The van der Waals surface area contributed by atoms with Gasteiger partial charge in [0.05, 0.1) is 5.29 Å². The molecule has 0 aromatic carbocycles. The molecule has 3 atom stereocenters. The molecule has 1 amide bonds. The smallest absolute Gasteiger partial charge is 0.243 e. The number of carbonyl (C=O) groups is 1. The maximum atomic E-state index is 12.1. The number of amides is 1. The molecule has 3 unspecified atom stereocenters. The van der Waals surface area contributed by atoms with Gasteiger partial charge in [-0.15, -0.1) is 4.91 Å². The number of rotatable bonds is 11. The first-order valence-corrected chi connectivity index (χ1v) is 12.9. The van der Waals surface area contributed by atoms with Crippen LogP contribution >= 0.6 is 0 Å². The standard InChI is InChI=1S/C25H37N7O3/c1-17-15-32(16-21(17)13-26)22-11-10-20(14-27-22)24-28-25(35-30-24)19(12-23(33)29-31-34)9-5-8-18-6-3-2-4-7-18/h10-11,14,17-19,21H,2-9,12-13,15-16,26H2,1H3,(H,29,33,34). The lowest BCUT2D eigenvalue weighted by Gasteiger charge is -2.22.